The van der Waals surface area contributed by atoms with E-state index in [1.54, 1.807) is 19.9 Å². The number of esters is 3. The first-order valence-electron chi connectivity index (χ1n) is 12.1. The molecule has 3 aromatic rings. The third-order valence-electron chi connectivity index (χ3n) is 6.18. The molecule has 0 atom stereocenters. The molecule has 0 aromatic heterocycles. The van der Waals surface area contributed by atoms with E-state index in [2.05, 4.69) is 5.32 Å². The molecule has 37 heavy (non-hydrogen) atoms. The average Bonchev–Trinajstić information content (AvgIpc) is 3.28. The normalized spacial score (nSPS) is 14.2. The monoisotopic (exact) mass is 503 g/mol. The Morgan fingerprint density at radius 1 is 0.865 bits per heavy atom. The van der Waals surface area contributed by atoms with Gasteiger partial charge in [0.2, 0.25) is 5.54 Å². The van der Waals surface area contributed by atoms with Crippen LogP contribution < -0.4 is 5.32 Å². The van der Waals surface area contributed by atoms with Crippen molar-refractivity contribution >= 4 is 34.4 Å². The summed E-state index contributed by atoms with van der Waals surface area (Å²) in [6.07, 6.45) is -0.387. The summed E-state index contributed by atoms with van der Waals surface area (Å²) in [6, 6.07) is 19.9. The number of carbonyl (C=O) groups excluding carboxylic acids is 3. The molecule has 8 heteroatoms. The second kappa shape index (κ2) is 11.2. The number of benzene rings is 3. The number of carbonyl (C=O) groups is 3. The van der Waals surface area contributed by atoms with Crippen LogP contribution in [0.1, 0.15) is 37.8 Å². The zero-order valence-corrected chi connectivity index (χ0v) is 20.8. The molecule has 2 N–H and O–H groups in total. The molecule has 192 valence electrons. The van der Waals surface area contributed by atoms with Crippen LogP contribution in [0.2, 0.25) is 0 Å². The Labute approximate surface area is 214 Å². The van der Waals surface area contributed by atoms with Crippen LogP contribution in [-0.4, -0.2) is 41.8 Å². The van der Waals surface area contributed by atoms with E-state index in [1.165, 1.54) is 6.07 Å². The number of phenols is 1. The van der Waals surface area contributed by atoms with E-state index in [0.717, 1.165) is 10.9 Å². The lowest BCUT2D eigenvalue weighted by Crippen LogP contribution is -2.56. The van der Waals surface area contributed by atoms with E-state index in [4.69, 9.17) is 14.2 Å². The van der Waals surface area contributed by atoms with Crippen molar-refractivity contribution in [3.63, 3.8) is 0 Å². The Kier molecular flexibility index (Phi) is 7.77. The van der Waals surface area contributed by atoms with E-state index in [9.17, 15) is 19.5 Å². The summed E-state index contributed by atoms with van der Waals surface area (Å²) in [5.74, 6) is -2.25. The van der Waals surface area contributed by atoms with Crippen LogP contribution in [0.3, 0.4) is 0 Å². The Hall–Kier alpha value is -4.33. The molecular formula is C29H29NO7. The van der Waals surface area contributed by atoms with Gasteiger partial charge in [0, 0.05) is 17.7 Å². The van der Waals surface area contributed by atoms with Crippen molar-refractivity contribution in [2.24, 2.45) is 0 Å². The molecule has 1 aliphatic rings. The fraction of sp³-hybridized carbons (Fsp3) is 0.276. The van der Waals surface area contributed by atoms with E-state index in [-0.39, 0.29) is 38.4 Å². The highest BCUT2D eigenvalue weighted by Gasteiger charge is 2.54. The summed E-state index contributed by atoms with van der Waals surface area (Å²) < 4.78 is 16.0. The predicted molar refractivity (Wildman–Crippen MR) is 137 cm³/mol. The van der Waals surface area contributed by atoms with Gasteiger partial charge in [-0.2, -0.15) is 0 Å². The van der Waals surface area contributed by atoms with Gasteiger partial charge in [-0.3, -0.25) is 4.79 Å². The van der Waals surface area contributed by atoms with Crippen molar-refractivity contribution < 1.29 is 33.7 Å². The lowest BCUT2D eigenvalue weighted by atomic mass is 9.92. The largest absolute Gasteiger partial charge is 0.507 e. The standard InChI is InChI=1S/C29H29NO7/c1-3-35-27(33)29(28(34)36-4-2)17-21(16-24(32)37-18-19-10-6-5-7-11-19)26(30-29)25-22-13-9-8-12-20(22)14-15-23(25)31/h5-15,30-31H,3-4,16-18H2,1-2H3. The van der Waals surface area contributed by atoms with Crippen molar-refractivity contribution in [2.45, 2.75) is 38.8 Å². The molecule has 0 fully saturated rings. The average molecular weight is 504 g/mol. The zero-order chi connectivity index (χ0) is 26.4. The summed E-state index contributed by atoms with van der Waals surface area (Å²) in [6.45, 7) is 3.45. The molecule has 0 saturated heterocycles. The summed E-state index contributed by atoms with van der Waals surface area (Å²) in [5, 5.41) is 15.4. The van der Waals surface area contributed by atoms with Crippen molar-refractivity contribution in [3.05, 3.63) is 83.4 Å². The number of nitrogens with one attached hydrogen (secondary N) is 1. The van der Waals surface area contributed by atoms with Gasteiger partial charge in [-0.15, -0.1) is 0 Å². The summed E-state index contributed by atoms with van der Waals surface area (Å²) in [4.78, 5) is 39.2. The summed E-state index contributed by atoms with van der Waals surface area (Å²) in [7, 11) is 0. The Morgan fingerprint density at radius 2 is 1.51 bits per heavy atom. The second-order valence-electron chi connectivity index (χ2n) is 8.63. The van der Waals surface area contributed by atoms with Crippen LogP contribution in [-0.2, 0) is 35.2 Å². The van der Waals surface area contributed by atoms with E-state index in [1.807, 2.05) is 54.6 Å². The minimum atomic E-state index is -1.90. The lowest BCUT2D eigenvalue weighted by Gasteiger charge is -2.26. The Morgan fingerprint density at radius 3 is 2.19 bits per heavy atom. The van der Waals surface area contributed by atoms with Gasteiger partial charge in [0.05, 0.1) is 19.6 Å². The van der Waals surface area contributed by atoms with Crippen LogP contribution >= 0.6 is 0 Å². The molecule has 0 aliphatic carbocycles. The highest BCUT2D eigenvalue weighted by molar-refractivity contribution is 6.10. The topological polar surface area (TPSA) is 111 Å². The van der Waals surface area contributed by atoms with Gasteiger partial charge >= 0.3 is 17.9 Å². The Bertz CT molecular complexity index is 1330. The van der Waals surface area contributed by atoms with Crippen LogP contribution in [0.4, 0.5) is 0 Å². The molecule has 0 spiro atoms. The minimum Gasteiger partial charge on any atom is -0.507 e. The van der Waals surface area contributed by atoms with E-state index >= 15 is 0 Å². The first-order chi connectivity index (χ1) is 17.9. The molecule has 0 radical (unpaired) electrons. The molecule has 8 nitrogen and oxygen atoms in total. The number of aromatic hydroxyl groups is 1. The molecule has 0 bridgehead atoms. The Balaban J connectivity index is 1.76. The van der Waals surface area contributed by atoms with Crippen molar-refractivity contribution in [3.8, 4) is 5.75 Å². The minimum absolute atomic E-state index is 0.0466. The number of rotatable bonds is 9. The van der Waals surface area contributed by atoms with Gasteiger partial charge in [0.15, 0.2) is 0 Å². The third-order valence-corrected chi connectivity index (χ3v) is 6.18. The maximum absolute atomic E-state index is 13.2. The summed E-state index contributed by atoms with van der Waals surface area (Å²) in [5.41, 5.74) is 0.0192. The molecule has 1 heterocycles. The van der Waals surface area contributed by atoms with Crippen LogP contribution in [0.5, 0.6) is 5.75 Å². The van der Waals surface area contributed by atoms with Crippen molar-refractivity contribution in [2.75, 3.05) is 13.2 Å². The molecule has 3 aromatic carbocycles. The number of hydrogen-bond donors (Lipinski definition) is 2. The van der Waals surface area contributed by atoms with Crippen molar-refractivity contribution in [1.29, 1.82) is 0 Å². The molecule has 1 aliphatic heterocycles. The van der Waals surface area contributed by atoms with Gasteiger partial charge in [-0.05, 0) is 41.8 Å². The first-order valence-corrected chi connectivity index (χ1v) is 12.1. The van der Waals surface area contributed by atoms with Crippen molar-refractivity contribution in [1.82, 2.24) is 5.32 Å². The maximum Gasteiger partial charge on any atom is 0.343 e. The third kappa shape index (κ3) is 5.28. The van der Waals surface area contributed by atoms with Gasteiger partial charge < -0.3 is 24.6 Å². The van der Waals surface area contributed by atoms with E-state index < -0.39 is 23.4 Å². The smallest absolute Gasteiger partial charge is 0.343 e. The number of hydrogen-bond acceptors (Lipinski definition) is 8. The SMILES string of the molecule is CCOC(=O)C1(C(=O)OCC)CC(CC(=O)OCc2ccccc2)=C(c2c(O)ccc3ccccc23)N1. The molecule has 0 unspecified atom stereocenters. The highest BCUT2D eigenvalue weighted by Crippen LogP contribution is 2.42. The van der Waals surface area contributed by atoms with Gasteiger partial charge in [-0.1, -0.05) is 60.7 Å². The van der Waals surface area contributed by atoms with Gasteiger partial charge in [-0.25, -0.2) is 9.59 Å². The number of ether oxygens (including phenoxy) is 3. The van der Waals surface area contributed by atoms with E-state index in [0.29, 0.717) is 22.2 Å². The summed E-state index contributed by atoms with van der Waals surface area (Å²) >= 11 is 0. The predicted octanol–water partition coefficient (Wildman–Crippen LogP) is 4.25. The molecular weight excluding hydrogens is 474 g/mol. The zero-order valence-electron chi connectivity index (χ0n) is 20.8. The number of phenolic OH excluding ortho intramolecular Hbond substituents is 1. The molecule has 4 rings (SSSR count). The van der Waals surface area contributed by atoms with Gasteiger partial charge in [0.1, 0.15) is 12.4 Å². The van der Waals surface area contributed by atoms with Crippen LogP contribution in [0, 0.1) is 0 Å². The first kappa shape index (κ1) is 25.8. The maximum atomic E-state index is 13.2. The highest BCUT2D eigenvalue weighted by atomic mass is 16.6. The van der Waals surface area contributed by atoms with Gasteiger partial charge in [0.25, 0.3) is 0 Å². The number of fused-ring (bicyclic) bond motifs is 1. The van der Waals surface area contributed by atoms with Crippen LogP contribution in [0.25, 0.3) is 16.5 Å². The molecule has 0 amide bonds. The molecule has 0 saturated carbocycles. The second-order valence-corrected chi connectivity index (χ2v) is 8.63. The fourth-order valence-corrected chi connectivity index (χ4v) is 4.47. The lowest BCUT2D eigenvalue weighted by molar-refractivity contribution is -0.165. The fourth-order valence-electron chi connectivity index (χ4n) is 4.47. The van der Waals surface area contributed by atoms with Crippen LogP contribution in [0.15, 0.2) is 72.3 Å². The quantitative estimate of drug-likeness (QED) is 0.253.